The minimum atomic E-state index is -0.112. The maximum absolute atomic E-state index is 12.5. The van der Waals surface area contributed by atoms with E-state index in [2.05, 4.69) is 15.1 Å². The molecule has 2 aromatic rings. The predicted molar refractivity (Wildman–Crippen MR) is 74.6 cm³/mol. The molecular formula is C14H17N5O2. The molecule has 0 N–H and O–H groups in total. The molecule has 1 atom stereocenters. The van der Waals surface area contributed by atoms with Gasteiger partial charge in [0.05, 0.1) is 24.7 Å². The number of hydrogen-bond donors (Lipinski definition) is 0. The van der Waals surface area contributed by atoms with Crippen LogP contribution in [-0.2, 0) is 18.3 Å². The maximum atomic E-state index is 12.5. The van der Waals surface area contributed by atoms with Crippen LogP contribution in [0.3, 0.4) is 0 Å². The lowest BCUT2D eigenvalue weighted by Crippen LogP contribution is -2.40. The van der Waals surface area contributed by atoms with Gasteiger partial charge in [-0.3, -0.25) is 14.5 Å². The maximum Gasteiger partial charge on any atom is 0.274 e. The first kappa shape index (κ1) is 13.7. The average molecular weight is 287 g/mol. The highest BCUT2D eigenvalue weighted by atomic mass is 16.5. The van der Waals surface area contributed by atoms with Crippen LogP contribution in [0.2, 0.25) is 0 Å². The Balaban J connectivity index is 1.88. The minimum absolute atomic E-state index is 0.112. The van der Waals surface area contributed by atoms with Crippen molar-refractivity contribution in [2.75, 3.05) is 20.3 Å². The quantitative estimate of drug-likeness (QED) is 0.826. The molecule has 7 heteroatoms. The molecule has 7 nitrogen and oxygen atoms in total. The monoisotopic (exact) mass is 287 g/mol. The Labute approximate surface area is 122 Å². The number of nitrogens with zero attached hydrogens (tertiary/aromatic N) is 5. The summed E-state index contributed by atoms with van der Waals surface area (Å²) in [6, 6.07) is 0. The molecule has 110 valence electrons. The van der Waals surface area contributed by atoms with Gasteiger partial charge >= 0.3 is 0 Å². The van der Waals surface area contributed by atoms with E-state index in [0.29, 0.717) is 25.4 Å². The van der Waals surface area contributed by atoms with Crippen molar-refractivity contribution in [3.05, 3.63) is 41.7 Å². The van der Waals surface area contributed by atoms with Crippen LogP contribution in [0.15, 0.2) is 24.8 Å². The van der Waals surface area contributed by atoms with Gasteiger partial charge in [0.25, 0.3) is 5.91 Å². The Morgan fingerprint density at radius 2 is 2.29 bits per heavy atom. The first-order valence-electron chi connectivity index (χ1n) is 6.75. The van der Waals surface area contributed by atoms with Gasteiger partial charge in [0.15, 0.2) is 0 Å². The van der Waals surface area contributed by atoms with Gasteiger partial charge in [-0.2, -0.15) is 5.10 Å². The Morgan fingerprint density at radius 3 is 3.00 bits per heavy atom. The Hall–Kier alpha value is -2.28. The van der Waals surface area contributed by atoms with Gasteiger partial charge in [-0.15, -0.1) is 0 Å². The Morgan fingerprint density at radius 1 is 1.43 bits per heavy atom. The lowest BCUT2D eigenvalue weighted by molar-refractivity contribution is 0.0669. The van der Waals surface area contributed by atoms with Gasteiger partial charge in [0.2, 0.25) is 0 Å². The molecule has 0 fully saturated rings. The predicted octanol–water partition coefficient (Wildman–Crippen LogP) is 0.596. The highest BCUT2D eigenvalue weighted by molar-refractivity contribution is 5.92. The zero-order valence-electron chi connectivity index (χ0n) is 12.1. The number of amides is 1. The summed E-state index contributed by atoms with van der Waals surface area (Å²) in [6.07, 6.45) is 6.39. The summed E-state index contributed by atoms with van der Waals surface area (Å²) in [5, 5.41) is 4.29. The topological polar surface area (TPSA) is 73.1 Å². The van der Waals surface area contributed by atoms with Crippen molar-refractivity contribution in [3.8, 4) is 0 Å². The number of carbonyl (C=O) groups excluding carboxylic acids is 1. The highest BCUT2D eigenvalue weighted by Crippen LogP contribution is 2.28. The van der Waals surface area contributed by atoms with E-state index >= 15 is 0 Å². The second-order valence-electron chi connectivity index (χ2n) is 5.11. The number of carbonyl (C=O) groups is 1. The zero-order valence-corrected chi connectivity index (χ0v) is 12.1. The van der Waals surface area contributed by atoms with Crippen molar-refractivity contribution in [1.29, 1.82) is 0 Å². The fourth-order valence-corrected chi connectivity index (χ4v) is 2.82. The van der Waals surface area contributed by atoms with Crippen LogP contribution >= 0.6 is 0 Å². The molecule has 1 unspecified atom stereocenters. The first-order chi connectivity index (χ1) is 10.2. The van der Waals surface area contributed by atoms with E-state index < -0.39 is 0 Å². The lowest BCUT2D eigenvalue weighted by Gasteiger charge is -2.32. The minimum Gasteiger partial charge on any atom is -0.384 e. The second kappa shape index (κ2) is 5.61. The molecule has 0 bridgehead atoms. The van der Waals surface area contributed by atoms with E-state index in [1.54, 1.807) is 18.2 Å². The summed E-state index contributed by atoms with van der Waals surface area (Å²) < 4.78 is 7.15. The smallest absolute Gasteiger partial charge is 0.274 e. The van der Waals surface area contributed by atoms with Crippen LogP contribution < -0.4 is 0 Å². The summed E-state index contributed by atoms with van der Waals surface area (Å²) in [5.74, 6) is 0.00516. The molecule has 1 aliphatic rings. The second-order valence-corrected chi connectivity index (χ2v) is 5.11. The summed E-state index contributed by atoms with van der Waals surface area (Å²) in [6.45, 7) is 1.69. The van der Waals surface area contributed by atoms with Crippen molar-refractivity contribution < 1.29 is 9.53 Å². The van der Waals surface area contributed by atoms with E-state index in [4.69, 9.17) is 4.74 Å². The Bertz CT molecular complexity index is 640. The molecule has 0 aliphatic carbocycles. The van der Waals surface area contributed by atoms with Gasteiger partial charge in [-0.1, -0.05) is 0 Å². The molecule has 0 saturated carbocycles. The van der Waals surface area contributed by atoms with Crippen LogP contribution in [0.1, 0.15) is 27.7 Å². The molecule has 2 aromatic heterocycles. The number of aromatic nitrogens is 4. The molecule has 21 heavy (non-hydrogen) atoms. The number of aryl methyl sites for hydroxylation is 1. The van der Waals surface area contributed by atoms with Gasteiger partial charge in [-0.05, 0) is 0 Å². The fourth-order valence-electron chi connectivity index (χ4n) is 2.82. The van der Waals surface area contributed by atoms with Crippen LogP contribution in [0.4, 0.5) is 0 Å². The molecule has 0 radical (unpaired) electrons. The lowest BCUT2D eigenvalue weighted by atomic mass is 9.96. The third kappa shape index (κ3) is 2.52. The summed E-state index contributed by atoms with van der Waals surface area (Å²) in [7, 11) is 3.58. The number of ether oxygens (including phenoxy) is 1. The van der Waals surface area contributed by atoms with E-state index in [-0.39, 0.29) is 11.8 Å². The number of hydrogen-bond acceptors (Lipinski definition) is 5. The summed E-state index contributed by atoms with van der Waals surface area (Å²) >= 11 is 0. The van der Waals surface area contributed by atoms with Crippen molar-refractivity contribution in [1.82, 2.24) is 24.6 Å². The molecule has 1 amide bonds. The molecule has 3 heterocycles. The Kier molecular flexibility index (Phi) is 3.66. The third-order valence-corrected chi connectivity index (χ3v) is 3.69. The van der Waals surface area contributed by atoms with Gasteiger partial charge in [0, 0.05) is 51.1 Å². The summed E-state index contributed by atoms with van der Waals surface area (Å²) in [5.41, 5.74) is 2.56. The van der Waals surface area contributed by atoms with Crippen molar-refractivity contribution in [2.24, 2.45) is 7.05 Å². The van der Waals surface area contributed by atoms with Crippen molar-refractivity contribution in [3.63, 3.8) is 0 Å². The van der Waals surface area contributed by atoms with E-state index in [9.17, 15) is 4.79 Å². The highest BCUT2D eigenvalue weighted by Gasteiger charge is 2.31. The standard InChI is InChI=1S/C14H17N5O2/c1-18-13-10(5-17-18)7-19(8-11(13)9-21-2)14(20)12-6-15-3-4-16-12/h3-6,11H,7-9H2,1-2H3. The first-order valence-corrected chi connectivity index (χ1v) is 6.75. The summed E-state index contributed by atoms with van der Waals surface area (Å²) in [4.78, 5) is 22.3. The number of fused-ring (bicyclic) bond motifs is 1. The SMILES string of the molecule is COCC1CN(C(=O)c2cnccn2)Cc2cnn(C)c21. The molecular weight excluding hydrogens is 270 g/mol. The molecule has 0 aromatic carbocycles. The van der Waals surface area contributed by atoms with Crippen LogP contribution in [0.25, 0.3) is 0 Å². The average Bonchev–Trinajstić information content (AvgIpc) is 2.89. The molecule has 0 saturated heterocycles. The third-order valence-electron chi connectivity index (χ3n) is 3.69. The number of methoxy groups -OCH3 is 1. The van der Waals surface area contributed by atoms with Crippen molar-refractivity contribution >= 4 is 5.91 Å². The fraction of sp³-hybridized carbons (Fsp3) is 0.429. The van der Waals surface area contributed by atoms with Crippen molar-refractivity contribution in [2.45, 2.75) is 12.5 Å². The van der Waals surface area contributed by atoms with Gasteiger partial charge in [0.1, 0.15) is 5.69 Å². The zero-order chi connectivity index (χ0) is 14.8. The molecule has 1 aliphatic heterocycles. The normalized spacial score (nSPS) is 17.6. The van der Waals surface area contributed by atoms with Crippen LogP contribution in [0.5, 0.6) is 0 Å². The van der Waals surface area contributed by atoms with Gasteiger partial charge in [-0.25, -0.2) is 4.98 Å². The number of rotatable bonds is 3. The largest absolute Gasteiger partial charge is 0.384 e. The van der Waals surface area contributed by atoms with Crippen LogP contribution in [-0.4, -0.2) is 50.8 Å². The van der Waals surface area contributed by atoms with Gasteiger partial charge < -0.3 is 9.64 Å². The van der Waals surface area contributed by atoms with E-state index in [1.807, 2.05) is 17.9 Å². The van der Waals surface area contributed by atoms with Crippen LogP contribution in [0, 0.1) is 0 Å². The molecule has 3 rings (SSSR count). The van der Waals surface area contributed by atoms with E-state index in [1.165, 1.54) is 12.4 Å². The van der Waals surface area contributed by atoms with E-state index in [0.717, 1.165) is 11.3 Å². The molecule has 0 spiro atoms.